The fourth-order valence-electron chi connectivity index (χ4n) is 4.15. The van der Waals surface area contributed by atoms with Gasteiger partial charge in [0, 0.05) is 18.1 Å². The molecule has 1 saturated heterocycles. The molecular formula is C27H30ClN3O6S2. The molecule has 0 saturated carbocycles. The molecule has 39 heavy (non-hydrogen) atoms. The van der Waals surface area contributed by atoms with E-state index in [4.69, 9.17) is 16.3 Å². The van der Waals surface area contributed by atoms with Gasteiger partial charge in [-0.1, -0.05) is 36.2 Å². The fourth-order valence-corrected chi connectivity index (χ4v) is 7.21. The number of para-hydroxylation sites is 1. The molecule has 208 valence electrons. The van der Waals surface area contributed by atoms with Crippen molar-refractivity contribution in [2.24, 2.45) is 0 Å². The van der Waals surface area contributed by atoms with Gasteiger partial charge in [0.15, 0.2) is 0 Å². The number of nitrogens with zero attached hydrogens (tertiary/aromatic N) is 2. The molecule has 1 N–H and O–H groups in total. The second-order valence-electron chi connectivity index (χ2n) is 8.94. The highest BCUT2D eigenvalue weighted by Gasteiger charge is 2.27. The van der Waals surface area contributed by atoms with Crippen LogP contribution in [0.3, 0.4) is 0 Å². The van der Waals surface area contributed by atoms with E-state index >= 15 is 0 Å². The van der Waals surface area contributed by atoms with Crippen LogP contribution in [0.1, 0.15) is 19.3 Å². The van der Waals surface area contributed by atoms with E-state index in [0.29, 0.717) is 29.5 Å². The van der Waals surface area contributed by atoms with Gasteiger partial charge in [-0.15, -0.1) is 0 Å². The maximum atomic E-state index is 13.3. The molecule has 12 heteroatoms. The predicted octanol–water partition coefficient (Wildman–Crippen LogP) is 3.91. The number of amides is 1. The SMILES string of the molecule is O=C(CN(c1ccccc1)S(=O)(=O)c1ccc(Cl)cc1)NCCOc1ccc(S(=O)(=O)N2CCCCC2)cc1. The first-order valence-electron chi connectivity index (χ1n) is 12.5. The van der Waals surface area contributed by atoms with Crippen LogP contribution in [0.25, 0.3) is 0 Å². The van der Waals surface area contributed by atoms with Gasteiger partial charge in [0.1, 0.15) is 18.9 Å². The van der Waals surface area contributed by atoms with Crippen LogP contribution >= 0.6 is 11.6 Å². The van der Waals surface area contributed by atoms with Crippen LogP contribution in [0.2, 0.25) is 5.02 Å². The van der Waals surface area contributed by atoms with E-state index in [1.807, 2.05) is 0 Å². The van der Waals surface area contributed by atoms with Gasteiger partial charge in [-0.2, -0.15) is 4.31 Å². The molecule has 1 aliphatic heterocycles. The van der Waals surface area contributed by atoms with E-state index in [0.717, 1.165) is 23.6 Å². The van der Waals surface area contributed by atoms with Gasteiger partial charge in [-0.3, -0.25) is 9.10 Å². The topological polar surface area (TPSA) is 113 Å². The molecule has 0 spiro atoms. The van der Waals surface area contributed by atoms with Gasteiger partial charge < -0.3 is 10.1 Å². The van der Waals surface area contributed by atoms with Gasteiger partial charge in [0.25, 0.3) is 10.0 Å². The number of hydrogen-bond acceptors (Lipinski definition) is 6. The number of carbonyl (C=O) groups is 1. The molecule has 0 bridgehead atoms. The van der Waals surface area contributed by atoms with Crippen LogP contribution in [0, 0.1) is 0 Å². The molecule has 0 aliphatic carbocycles. The standard InChI is InChI=1S/C27H30ClN3O6S2/c28-22-9-13-26(14-10-22)39(35,36)31(23-7-3-1-4-8-23)21-27(32)29-17-20-37-24-11-15-25(16-12-24)38(33,34)30-18-5-2-6-19-30/h1,3-4,7-16H,2,5-6,17-21H2,(H,29,32). The number of carbonyl (C=O) groups excluding carboxylic acids is 1. The average molecular weight is 592 g/mol. The van der Waals surface area contributed by atoms with E-state index in [1.54, 1.807) is 42.5 Å². The van der Waals surface area contributed by atoms with Gasteiger partial charge in [0.05, 0.1) is 22.0 Å². The minimum atomic E-state index is -4.03. The van der Waals surface area contributed by atoms with E-state index in [9.17, 15) is 21.6 Å². The number of nitrogens with one attached hydrogen (secondary N) is 1. The molecular weight excluding hydrogens is 562 g/mol. The van der Waals surface area contributed by atoms with Crippen LogP contribution in [-0.4, -0.2) is 59.8 Å². The maximum absolute atomic E-state index is 13.3. The minimum absolute atomic E-state index is 0.0117. The number of halogens is 1. The van der Waals surface area contributed by atoms with Crippen molar-refractivity contribution < 1.29 is 26.4 Å². The van der Waals surface area contributed by atoms with E-state index in [2.05, 4.69) is 5.32 Å². The van der Waals surface area contributed by atoms with E-state index < -0.39 is 32.5 Å². The number of piperidine rings is 1. The number of ether oxygens (including phenoxy) is 1. The summed E-state index contributed by atoms with van der Waals surface area (Å²) in [5.74, 6) is -0.0546. The molecule has 0 aromatic heterocycles. The molecule has 1 heterocycles. The molecule has 4 rings (SSSR count). The Kier molecular flexibility index (Phi) is 9.49. The monoisotopic (exact) mass is 591 g/mol. The van der Waals surface area contributed by atoms with Crippen LogP contribution in [0.5, 0.6) is 5.75 Å². The smallest absolute Gasteiger partial charge is 0.264 e. The molecule has 3 aromatic carbocycles. The van der Waals surface area contributed by atoms with Crippen LogP contribution in [0.15, 0.2) is 88.7 Å². The molecule has 1 amide bonds. The lowest BCUT2D eigenvalue weighted by Crippen LogP contribution is -2.41. The highest BCUT2D eigenvalue weighted by atomic mass is 35.5. The zero-order valence-electron chi connectivity index (χ0n) is 21.2. The van der Waals surface area contributed by atoms with Gasteiger partial charge in [0.2, 0.25) is 15.9 Å². The van der Waals surface area contributed by atoms with Crippen LogP contribution in [-0.2, 0) is 24.8 Å². The summed E-state index contributed by atoms with van der Waals surface area (Å²) >= 11 is 5.90. The number of sulfonamides is 2. The Bertz CT molecular complexity index is 1460. The first-order valence-corrected chi connectivity index (χ1v) is 15.8. The lowest BCUT2D eigenvalue weighted by atomic mass is 10.2. The normalized spacial score (nSPS) is 14.5. The lowest BCUT2D eigenvalue weighted by Gasteiger charge is -2.25. The van der Waals surface area contributed by atoms with Crippen molar-refractivity contribution in [3.63, 3.8) is 0 Å². The van der Waals surface area contributed by atoms with E-state index in [1.165, 1.54) is 40.7 Å². The van der Waals surface area contributed by atoms with Gasteiger partial charge >= 0.3 is 0 Å². The molecule has 0 radical (unpaired) electrons. The van der Waals surface area contributed by atoms with Crippen molar-refractivity contribution in [1.82, 2.24) is 9.62 Å². The molecule has 3 aromatic rings. The summed E-state index contributed by atoms with van der Waals surface area (Å²) in [6.07, 6.45) is 2.77. The molecule has 0 atom stereocenters. The van der Waals surface area contributed by atoms with Crippen molar-refractivity contribution in [3.05, 3.63) is 83.9 Å². The summed E-state index contributed by atoms with van der Waals surface area (Å²) in [6, 6.07) is 20.3. The van der Waals surface area contributed by atoms with Crippen molar-refractivity contribution in [1.29, 1.82) is 0 Å². The highest BCUT2D eigenvalue weighted by molar-refractivity contribution is 7.92. The average Bonchev–Trinajstić information content (AvgIpc) is 2.95. The maximum Gasteiger partial charge on any atom is 0.264 e. The highest BCUT2D eigenvalue weighted by Crippen LogP contribution is 2.25. The Labute approximate surface area is 234 Å². The predicted molar refractivity (Wildman–Crippen MR) is 150 cm³/mol. The fraction of sp³-hybridized carbons (Fsp3) is 0.296. The Morgan fingerprint density at radius 3 is 2.10 bits per heavy atom. The van der Waals surface area contributed by atoms with Gasteiger partial charge in [-0.25, -0.2) is 16.8 Å². The van der Waals surface area contributed by atoms with Crippen molar-refractivity contribution in [2.75, 3.05) is 37.1 Å². The summed E-state index contributed by atoms with van der Waals surface area (Å²) in [6.45, 7) is 0.861. The van der Waals surface area contributed by atoms with Crippen molar-refractivity contribution in [3.8, 4) is 5.75 Å². The second kappa shape index (κ2) is 12.8. The zero-order chi connectivity index (χ0) is 27.9. The minimum Gasteiger partial charge on any atom is -0.492 e. The Balaban J connectivity index is 1.33. The molecule has 1 fully saturated rings. The lowest BCUT2D eigenvalue weighted by molar-refractivity contribution is -0.119. The number of anilines is 1. The number of benzene rings is 3. The quantitative estimate of drug-likeness (QED) is 0.338. The summed E-state index contributed by atoms with van der Waals surface area (Å²) in [7, 11) is -7.56. The molecule has 1 aliphatic rings. The summed E-state index contributed by atoms with van der Waals surface area (Å²) in [5.41, 5.74) is 0.346. The zero-order valence-corrected chi connectivity index (χ0v) is 23.6. The second-order valence-corrected chi connectivity index (χ2v) is 13.2. The molecule has 9 nitrogen and oxygen atoms in total. The number of hydrogen-bond donors (Lipinski definition) is 1. The summed E-state index contributed by atoms with van der Waals surface area (Å²) in [5, 5.41) is 3.07. The Hall–Kier alpha value is -3.12. The third kappa shape index (κ3) is 7.30. The summed E-state index contributed by atoms with van der Waals surface area (Å²) in [4.78, 5) is 12.9. The van der Waals surface area contributed by atoms with Crippen LogP contribution < -0.4 is 14.4 Å². The largest absolute Gasteiger partial charge is 0.492 e. The molecule has 0 unspecified atom stereocenters. The first-order chi connectivity index (χ1) is 18.7. The van der Waals surface area contributed by atoms with Crippen molar-refractivity contribution >= 4 is 43.2 Å². The third-order valence-corrected chi connectivity index (χ3v) is 10.2. The van der Waals surface area contributed by atoms with Crippen molar-refractivity contribution in [2.45, 2.75) is 29.1 Å². The Morgan fingerprint density at radius 1 is 0.846 bits per heavy atom. The summed E-state index contributed by atoms with van der Waals surface area (Å²) < 4.78 is 60.4. The van der Waals surface area contributed by atoms with Gasteiger partial charge in [-0.05, 0) is 73.5 Å². The van der Waals surface area contributed by atoms with Crippen LogP contribution in [0.4, 0.5) is 5.69 Å². The third-order valence-electron chi connectivity index (χ3n) is 6.20. The first kappa shape index (κ1) is 28.9. The number of rotatable bonds is 11. The Morgan fingerprint density at radius 2 is 1.46 bits per heavy atom. The van der Waals surface area contributed by atoms with E-state index in [-0.39, 0.29) is 22.9 Å².